The quantitative estimate of drug-likeness (QED) is 0.396. The number of nitrogens with zero attached hydrogens (tertiary/aromatic N) is 1. The van der Waals surface area contributed by atoms with E-state index in [1.54, 1.807) is 0 Å². The fourth-order valence-corrected chi connectivity index (χ4v) is 4.26. The topological polar surface area (TPSA) is 3.24 Å². The van der Waals surface area contributed by atoms with Gasteiger partial charge < -0.3 is 4.90 Å². The molecule has 0 N–H and O–H groups in total. The van der Waals surface area contributed by atoms with E-state index >= 15 is 0 Å². The standard InChI is InChI=1S/C22H15Br2N/c23-14-1-5-16(6-2-14)25(17-7-3-15(24)4-8-17)18-9-10-20-19-11-12-21(19)22(20)13-18/h1-10,12-13,19H,11H2. The molecule has 3 aromatic carbocycles. The first-order chi connectivity index (χ1) is 12.2. The van der Waals surface area contributed by atoms with E-state index < -0.39 is 0 Å². The molecule has 0 aromatic heterocycles. The number of anilines is 3. The van der Waals surface area contributed by atoms with E-state index in [9.17, 15) is 0 Å². The summed E-state index contributed by atoms with van der Waals surface area (Å²) in [4.78, 5) is 2.31. The Morgan fingerprint density at radius 3 is 1.80 bits per heavy atom. The number of fused-ring (bicyclic) bond motifs is 4. The van der Waals surface area contributed by atoms with Crippen LogP contribution in [0.5, 0.6) is 0 Å². The minimum absolute atomic E-state index is 0.706. The molecule has 0 aliphatic heterocycles. The van der Waals surface area contributed by atoms with Crippen molar-refractivity contribution < 1.29 is 0 Å². The van der Waals surface area contributed by atoms with Crippen LogP contribution in [0.4, 0.5) is 17.1 Å². The van der Waals surface area contributed by atoms with Gasteiger partial charge in [0, 0.05) is 31.9 Å². The van der Waals surface area contributed by atoms with Crippen molar-refractivity contribution in [3.63, 3.8) is 0 Å². The lowest BCUT2D eigenvalue weighted by atomic mass is 9.64. The van der Waals surface area contributed by atoms with Crippen molar-refractivity contribution in [1.82, 2.24) is 0 Å². The minimum atomic E-state index is 0.706. The number of halogens is 2. The van der Waals surface area contributed by atoms with E-state index in [4.69, 9.17) is 0 Å². The van der Waals surface area contributed by atoms with Crippen LogP contribution in [0.25, 0.3) is 5.57 Å². The number of rotatable bonds is 3. The SMILES string of the molecule is Brc1ccc(N(c2ccc(Br)cc2)c2ccc3c(c2)C2=CCC23)cc1. The lowest BCUT2D eigenvalue weighted by molar-refractivity contribution is 0.765. The van der Waals surface area contributed by atoms with Gasteiger partial charge in [-0.2, -0.15) is 0 Å². The molecule has 5 rings (SSSR count). The van der Waals surface area contributed by atoms with Crippen molar-refractivity contribution in [2.45, 2.75) is 12.3 Å². The predicted molar refractivity (Wildman–Crippen MR) is 112 cm³/mol. The maximum atomic E-state index is 3.54. The molecule has 0 heterocycles. The third kappa shape index (κ3) is 2.49. The normalized spacial score (nSPS) is 16.9. The largest absolute Gasteiger partial charge is 0.310 e. The molecule has 122 valence electrons. The maximum absolute atomic E-state index is 3.54. The first-order valence-corrected chi connectivity index (χ1v) is 9.95. The third-order valence-electron chi connectivity index (χ3n) is 5.10. The molecule has 1 atom stereocenters. The van der Waals surface area contributed by atoms with Gasteiger partial charge in [-0.25, -0.2) is 0 Å². The molecule has 0 saturated heterocycles. The summed E-state index contributed by atoms with van der Waals surface area (Å²) in [5, 5.41) is 0. The van der Waals surface area contributed by atoms with Gasteiger partial charge in [0.25, 0.3) is 0 Å². The van der Waals surface area contributed by atoms with Crippen molar-refractivity contribution >= 4 is 54.5 Å². The summed E-state index contributed by atoms with van der Waals surface area (Å²) in [5.41, 5.74) is 7.98. The zero-order chi connectivity index (χ0) is 17.0. The van der Waals surface area contributed by atoms with Crippen molar-refractivity contribution in [3.8, 4) is 0 Å². The molecule has 0 bridgehead atoms. The van der Waals surface area contributed by atoms with Crippen LogP contribution in [-0.2, 0) is 0 Å². The Kier molecular flexibility index (Phi) is 3.61. The van der Waals surface area contributed by atoms with Crippen LogP contribution in [-0.4, -0.2) is 0 Å². The molecule has 3 aromatic rings. The molecule has 0 amide bonds. The average Bonchev–Trinajstić information content (AvgIpc) is 2.59. The second-order valence-corrected chi connectivity index (χ2v) is 8.34. The smallest absolute Gasteiger partial charge is 0.0467 e. The highest BCUT2D eigenvalue weighted by Gasteiger charge is 2.36. The zero-order valence-electron chi connectivity index (χ0n) is 13.4. The van der Waals surface area contributed by atoms with Gasteiger partial charge in [-0.15, -0.1) is 0 Å². The minimum Gasteiger partial charge on any atom is -0.310 e. The van der Waals surface area contributed by atoms with Crippen LogP contribution in [0.1, 0.15) is 23.5 Å². The van der Waals surface area contributed by atoms with Crippen LogP contribution in [0, 0.1) is 0 Å². The van der Waals surface area contributed by atoms with Gasteiger partial charge in [-0.05, 0) is 83.8 Å². The Bertz CT molecular complexity index is 942. The number of hydrogen-bond acceptors (Lipinski definition) is 1. The van der Waals surface area contributed by atoms with E-state index in [0.717, 1.165) is 20.3 Å². The van der Waals surface area contributed by atoms with Crippen LogP contribution in [0.2, 0.25) is 0 Å². The highest BCUT2D eigenvalue weighted by molar-refractivity contribution is 9.10. The summed E-state index contributed by atoms with van der Waals surface area (Å²) >= 11 is 7.07. The molecule has 2 aliphatic carbocycles. The fourth-order valence-electron chi connectivity index (χ4n) is 3.73. The molecule has 1 unspecified atom stereocenters. The Labute approximate surface area is 164 Å². The fraction of sp³-hybridized carbons (Fsp3) is 0.0909. The first-order valence-electron chi connectivity index (χ1n) is 8.36. The van der Waals surface area contributed by atoms with E-state index in [2.05, 4.69) is 110 Å². The van der Waals surface area contributed by atoms with Crippen LogP contribution in [0.3, 0.4) is 0 Å². The molecule has 0 fully saturated rings. The molecular formula is C22H15Br2N. The predicted octanol–water partition coefficient (Wildman–Crippen LogP) is 7.57. The van der Waals surface area contributed by atoms with Crippen molar-refractivity contribution in [2.24, 2.45) is 0 Å². The van der Waals surface area contributed by atoms with Gasteiger partial charge in [0.1, 0.15) is 0 Å². The number of hydrogen-bond donors (Lipinski definition) is 0. The van der Waals surface area contributed by atoms with E-state index in [-0.39, 0.29) is 0 Å². The lowest BCUT2D eigenvalue weighted by Gasteiger charge is -2.41. The van der Waals surface area contributed by atoms with Crippen LogP contribution in [0.15, 0.2) is 81.8 Å². The zero-order valence-corrected chi connectivity index (χ0v) is 16.6. The van der Waals surface area contributed by atoms with Gasteiger partial charge in [-0.1, -0.05) is 44.0 Å². The second kappa shape index (κ2) is 5.86. The number of allylic oxidation sites excluding steroid dienone is 2. The maximum Gasteiger partial charge on any atom is 0.0467 e. The van der Waals surface area contributed by atoms with Crippen molar-refractivity contribution in [2.75, 3.05) is 4.90 Å². The molecule has 1 nitrogen and oxygen atoms in total. The summed E-state index contributed by atoms with van der Waals surface area (Å²) in [6, 6.07) is 23.8. The highest BCUT2D eigenvalue weighted by Crippen LogP contribution is 2.56. The van der Waals surface area contributed by atoms with Gasteiger partial charge >= 0.3 is 0 Å². The first kappa shape index (κ1) is 15.4. The molecule has 0 radical (unpaired) electrons. The average molecular weight is 453 g/mol. The lowest BCUT2D eigenvalue weighted by Crippen LogP contribution is -2.22. The molecule has 2 aliphatic rings. The van der Waals surface area contributed by atoms with Gasteiger partial charge in [-0.3, -0.25) is 0 Å². The van der Waals surface area contributed by atoms with Crippen molar-refractivity contribution in [1.29, 1.82) is 0 Å². The Morgan fingerprint density at radius 2 is 1.28 bits per heavy atom. The summed E-state index contributed by atoms with van der Waals surface area (Å²) < 4.78 is 2.18. The Balaban J connectivity index is 1.64. The van der Waals surface area contributed by atoms with Gasteiger partial charge in [0.15, 0.2) is 0 Å². The van der Waals surface area contributed by atoms with Crippen molar-refractivity contribution in [3.05, 3.63) is 92.9 Å². The second-order valence-electron chi connectivity index (χ2n) is 6.51. The molecule has 0 spiro atoms. The van der Waals surface area contributed by atoms with Gasteiger partial charge in [0.2, 0.25) is 0 Å². The van der Waals surface area contributed by atoms with Gasteiger partial charge in [0.05, 0.1) is 0 Å². The molecule has 3 heteroatoms. The Morgan fingerprint density at radius 1 is 0.720 bits per heavy atom. The summed E-state index contributed by atoms with van der Waals surface area (Å²) in [5.74, 6) is 0.706. The van der Waals surface area contributed by atoms with E-state index in [1.165, 1.54) is 28.8 Å². The van der Waals surface area contributed by atoms with E-state index in [0.29, 0.717) is 5.92 Å². The molecule has 0 saturated carbocycles. The van der Waals surface area contributed by atoms with Crippen LogP contribution >= 0.6 is 31.9 Å². The third-order valence-corrected chi connectivity index (χ3v) is 6.16. The monoisotopic (exact) mass is 451 g/mol. The summed E-state index contributed by atoms with van der Waals surface area (Å²) in [6.45, 7) is 0. The molecule has 25 heavy (non-hydrogen) atoms. The van der Waals surface area contributed by atoms with E-state index in [1.807, 2.05) is 0 Å². The van der Waals surface area contributed by atoms with Crippen LogP contribution < -0.4 is 4.90 Å². The summed E-state index contributed by atoms with van der Waals surface area (Å²) in [6.07, 6.45) is 3.57. The highest BCUT2D eigenvalue weighted by atomic mass is 79.9. The Hall–Kier alpha value is -1.84. The molecular weight excluding hydrogens is 438 g/mol. The summed E-state index contributed by atoms with van der Waals surface area (Å²) in [7, 11) is 0. The number of benzene rings is 3.